The van der Waals surface area contributed by atoms with Crippen LogP contribution in [-0.2, 0) is 23.8 Å². The van der Waals surface area contributed by atoms with Gasteiger partial charge in [0.2, 0.25) is 0 Å². The average molecular weight is 316 g/mol. The molecule has 0 radical (unpaired) electrons. The van der Waals surface area contributed by atoms with Crippen LogP contribution in [0.15, 0.2) is 0 Å². The summed E-state index contributed by atoms with van der Waals surface area (Å²) in [5, 5.41) is 0. The zero-order valence-electron chi connectivity index (χ0n) is 14.2. The van der Waals surface area contributed by atoms with Crippen molar-refractivity contribution in [2.45, 2.75) is 58.8 Å². The van der Waals surface area contributed by atoms with Gasteiger partial charge in [-0.3, -0.25) is 4.79 Å². The maximum Gasteiger partial charge on any atom is 0.133 e. The van der Waals surface area contributed by atoms with Gasteiger partial charge in [-0.2, -0.15) is 0 Å². The monoisotopic (exact) mass is 316 g/mol. The smallest absolute Gasteiger partial charge is 0.133 e. The maximum absolute atomic E-state index is 11.4. The molecule has 0 aliphatic heterocycles. The molecule has 22 heavy (non-hydrogen) atoms. The van der Waals surface area contributed by atoms with Crippen LogP contribution in [0.4, 0.5) is 0 Å². The Labute approximate surface area is 134 Å². The van der Waals surface area contributed by atoms with Gasteiger partial charge in [0.05, 0.1) is 26.4 Å². The fraction of sp³-hybridized carbons (Fsp3) is 0.882. The normalized spacial score (nSPS) is 10.8. The second-order valence-electron chi connectivity index (χ2n) is 5.39. The van der Waals surface area contributed by atoms with Crippen LogP contribution in [0.3, 0.4) is 0 Å². The second kappa shape index (κ2) is 16.6. The molecule has 0 aromatic rings. The molecule has 0 aromatic carbocycles. The molecule has 0 aromatic heterocycles. The van der Waals surface area contributed by atoms with Gasteiger partial charge in [-0.25, -0.2) is 0 Å². The van der Waals surface area contributed by atoms with Gasteiger partial charge >= 0.3 is 0 Å². The minimum Gasteiger partial charge on any atom is -0.379 e. The molecule has 5 heteroatoms. The van der Waals surface area contributed by atoms with E-state index in [-0.39, 0.29) is 11.6 Å². The topological polar surface area (TPSA) is 61.8 Å². The van der Waals surface area contributed by atoms with E-state index in [0.29, 0.717) is 52.3 Å². The van der Waals surface area contributed by atoms with Gasteiger partial charge in [0.25, 0.3) is 0 Å². The van der Waals surface area contributed by atoms with E-state index in [4.69, 9.17) is 14.2 Å². The zero-order chi connectivity index (χ0) is 16.5. The van der Waals surface area contributed by atoms with Gasteiger partial charge in [-0.05, 0) is 26.2 Å². The standard InChI is InChI=1S/C17H32O5/c1-3-4-10-20-12-14-22-15-13-21-11-6-5-7-17(19)9-8-16(2)18/h3-15H2,1-2H3. The summed E-state index contributed by atoms with van der Waals surface area (Å²) >= 11 is 0. The van der Waals surface area contributed by atoms with Crippen LogP contribution in [0.5, 0.6) is 0 Å². The molecule has 5 nitrogen and oxygen atoms in total. The number of carbonyl (C=O) groups excluding carboxylic acids is 2. The summed E-state index contributed by atoms with van der Waals surface area (Å²) in [5.74, 6) is 0.244. The van der Waals surface area contributed by atoms with Crippen LogP contribution in [0.1, 0.15) is 58.8 Å². The largest absolute Gasteiger partial charge is 0.379 e. The summed E-state index contributed by atoms with van der Waals surface area (Å²) in [6.45, 7) is 7.51. The van der Waals surface area contributed by atoms with Crippen molar-refractivity contribution < 1.29 is 23.8 Å². The van der Waals surface area contributed by atoms with E-state index in [0.717, 1.165) is 32.3 Å². The van der Waals surface area contributed by atoms with Crippen LogP contribution in [0.2, 0.25) is 0 Å². The van der Waals surface area contributed by atoms with Crippen molar-refractivity contribution >= 4 is 11.6 Å². The van der Waals surface area contributed by atoms with Gasteiger partial charge in [0, 0.05) is 32.5 Å². The van der Waals surface area contributed by atoms with Crippen LogP contribution >= 0.6 is 0 Å². The molecule has 0 spiro atoms. The van der Waals surface area contributed by atoms with E-state index in [9.17, 15) is 9.59 Å². The Morgan fingerprint density at radius 3 is 1.77 bits per heavy atom. The number of Topliss-reactive ketones (excluding diaryl/α,β-unsaturated/α-hetero) is 2. The van der Waals surface area contributed by atoms with Gasteiger partial charge in [-0.1, -0.05) is 13.3 Å². The molecule has 0 rings (SSSR count). The molecule has 0 aliphatic carbocycles. The molecule has 0 atom stereocenters. The lowest BCUT2D eigenvalue weighted by Crippen LogP contribution is -2.10. The van der Waals surface area contributed by atoms with Crippen LogP contribution in [0, 0.1) is 0 Å². The molecular formula is C17H32O5. The SMILES string of the molecule is CCCCOCCOCCOCCCCC(=O)CCC(C)=O. The molecule has 0 saturated heterocycles. The van der Waals surface area contributed by atoms with Gasteiger partial charge in [0.15, 0.2) is 0 Å². The average Bonchev–Trinajstić information content (AvgIpc) is 2.49. The first-order chi connectivity index (χ1) is 10.7. The van der Waals surface area contributed by atoms with Crippen molar-refractivity contribution in [3.63, 3.8) is 0 Å². The number of rotatable bonds is 17. The predicted octanol–water partition coefficient (Wildman–Crippen LogP) is 2.94. The van der Waals surface area contributed by atoms with E-state index in [1.165, 1.54) is 6.92 Å². The summed E-state index contributed by atoms with van der Waals surface area (Å²) in [7, 11) is 0. The summed E-state index contributed by atoms with van der Waals surface area (Å²) in [4.78, 5) is 22.2. The summed E-state index contributed by atoms with van der Waals surface area (Å²) < 4.78 is 16.2. The summed E-state index contributed by atoms with van der Waals surface area (Å²) in [6.07, 6.45) is 5.23. The molecule has 130 valence electrons. The van der Waals surface area contributed by atoms with Crippen molar-refractivity contribution in [2.75, 3.05) is 39.6 Å². The summed E-state index contributed by atoms with van der Waals surface area (Å²) in [6, 6.07) is 0. The third-order valence-electron chi connectivity index (χ3n) is 3.14. The van der Waals surface area contributed by atoms with E-state index >= 15 is 0 Å². The highest BCUT2D eigenvalue weighted by Crippen LogP contribution is 2.02. The van der Waals surface area contributed by atoms with Crippen molar-refractivity contribution in [3.8, 4) is 0 Å². The Morgan fingerprint density at radius 1 is 0.682 bits per heavy atom. The van der Waals surface area contributed by atoms with Gasteiger partial charge in [0.1, 0.15) is 11.6 Å². The first kappa shape index (κ1) is 21.2. The van der Waals surface area contributed by atoms with Crippen molar-refractivity contribution in [2.24, 2.45) is 0 Å². The lowest BCUT2D eigenvalue weighted by Gasteiger charge is -2.06. The highest BCUT2D eigenvalue weighted by atomic mass is 16.5. The lowest BCUT2D eigenvalue weighted by atomic mass is 10.1. The van der Waals surface area contributed by atoms with E-state index in [1.54, 1.807) is 0 Å². The van der Waals surface area contributed by atoms with E-state index in [2.05, 4.69) is 6.92 Å². The molecular weight excluding hydrogens is 284 g/mol. The second-order valence-corrected chi connectivity index (χ2v) is 5.39. The first-order valence-electron chi connectivity index (χ1n) is 8.41. The van der Waals surface area contributed by atoms with Crippen molar-refractivity contribution in [3.05, 3.63) is 0 Å². The highest BCUT2D eigenvalue weighted by molar-refractivity contribution is 5.84. The predicted molar refractivity (Wildman–Crippen MR) is 86.1 cm³/mol. The molecule has 0 saturated carbocycles. The van der Waals surface area contributed by atoms with Crippen molar-refractivity contribution in [1.29, 1.82) is 0 Å². The minimum atomic E-state index is 0.0763. The minimum absolute atomic E-state index is 0.0763. The highest BCUT2D eigenvalue weighted by Gasteiger charge is 2.03. The molecule has 0 N–H and O–H groups in total. The third kappa shape index (κ3) is 17.3. The Hall–Kier alpha value is -0.780. The fourth-order valence-corrected chi connectivity index (χ4v) is 1.76. The van der Waals surface area contributed by atoms with Gasteiger partial charge in [-0.15, -0.1) is 0 Å². The molecule has 0 fully saturated rings. The number of ether oxygens (including phenoxy) is 3. The Balaban J connectivity index is 3.11. The lowest BCUT2D eigenvalue weighted by molar-refractivity contribution is -0.123. The maximum atomic E-state index is 11.4. The van der Waals surface area contributed by atoms with Crippen molar-refractivity contribution in [1.82, 2.24) is 0 Å². The number of carbonyl (C=O) groups is 2. The number of unbranched alkanes of at least 4 members (excludes halogenated alkanes) is 2. The number of hydrogen-bond donors (Lipinski definition) is 0. The molecule has 0 bridgehead atoms. The van der Waals surface area contributed by atoms with Crippen LogP contribution in [-0.4, -0.2) is 51.2 Å². The number of hydrogen-bond acceptors (Lipinski definition) is 5. The Bertz CT molecular complexity index is 278. The zero-order valence-corrected chi connectivity index (χ0v) is 14.2. The van der Waals surface area contributed by atoms with Gasteiger partial charge < -0.3 is 19.0 Å². The van der Waals surface area contributed by atoms with Crippen LogP contribution in [0.25, 0.3) is 0 Å². The number of ketones is 2. The Morgan fingerprint density at radius 2 is 1.23 bits per heavy atom. The van der Waals surface area contributed by atoms with E-state index in [1.807, 2.05) is 0 Å². The molecule has 0 aliphatic rings. The quantitative estimate of drug-likeness (QED) is 0.386. The first-order valence-corrected chi connectivity index (χ1v) is 8.41. The molecule has 0 unspecified atom stereocenters. The van der Waals surface area contributed by atoms with E-state index < -0.39 is 0 Å². The molecule has 0 amide bonds. The Kier molecular flexibility index (Phi) is 16.0. The molecule has 0 heterocycles. The fourth-order valence-electron chi connectivity index (χ4n) is 1.76. The summed E-state index contributed by atoms with van der Waals surface area (Å²) in [5.41, 5.74) is 0. The third-order valence-corrected chi connectivity index (χ3v) is 3.14. The van der Waals surface area contributed by atoms with Crippen LogP contribution < -0.4 is 0 Å².